The lowest BCUT2D eigenvalue weighted by Gasteiger charge is -2.10. The molecule has 0 saturated carbocycles. The van der Waals surface area contributed by atoms with Crippen molar-refractivity contribution in [2.75, 3.05) is 5.73 Å². The summed E-state index contributed by atoms with van der Waals surface area (Å²) >= 11 is 0. The van der Waals surface area contributed by atoms with E-state index in [9.17, 15) is 17.6 Å². The van der Waals surface area contributed by atoms with Gasteiger partial charge in [0.15, 0.2) is 0 Å². The first-order chi connectivity index (χ1) is 5.82. The highest BCUT2D eigenvalue weighted by atomic mass is 19.4. The first kappa shape index (κ1) is 9.83. The Labute approximate surface area is 72.2 Å². The van der Waals surface area contributed by atoms with Gasteiger partial charge < -0.3 is 5.73 Å². The van der Waals surface area contributed by atoms with Crippen molar-refractivity contribution in [3.8, 4) is 0 Å². The van der Waals surface area contributed by atoms with Crippen LogP contribution in [0.2, 0.25) is 0 Å². The molecular formula is C8H7F4N. The minimum atomic E-state index is -4.53. The number of hydrogen-bond acceptors (Lipinski definition) is 1. The fourth-order valence-corrected chi connectivity index (χ4v) is 1.01. The van der Waals surface area contributed by atoms with E-state index in [2.05, 4.69) is 0 Å². The van der Waals surface area contributed by atoms with E-state index in [1.807, 2.05) is 0 Å². The highest BCUT2D eigenvalue weighted by Crippen LogP contribution is 2.33. The molecule has 0 radical (unpaired) electrons. The second kappa shape index (κ2) is 2.90. The molecule has 0 aliphatic rings. The van der Waals surface area contributed by atoms with E-state index in [1.54, 1.807) is 0 Å². The topological polar surface area (TPSA) is 26.0 Å². The molecule has 1 rings (SSSR count). The van der Waals surface area contributed by atoms with Gasteiger partial charge >= 0.3 is 6.18 Å². The molecule has 2 N–H and O–H groups in total. The Balaban J connectivity index is 3.32. The number of aryl methyl sites for hydroxylation is 1. The molecule has 1 nitrogen and oxygen atoms in total. The SMILES string of the molecule is Cc1cc(N)c(F)cc1C(F)(F)F. The van der Waals surface area contributed by atoms with Crippen molar-refractivity contribution in [3.63, 3.8) is 0 Å². The number of halogens is 4. The Hall–Kier alpha value is -1.26. The molecule has 0 aliphatic heterocycles. The first-order valence-electron chi connectivity index (χ1n) is 3.45. The van der Waals surface area contributed by atoms with Gasteiger partial charge in [0.1, 0.15) is 5.82 Å². The largest absolute Gasteiger partial charge is 0.416 e. The third kappa shape index (κ3) is 1.91. The molecular weight excluding hydrogens is 186 g/mol. The van der Waals surface area contributed by atoms with Crippen LogP contribution in [0, 0.1) is 12.7 Å². The Bertz CT molecular complexity index is 330. The summed E-state index contributed by atoms with van der Waals surface area (Å²) in [6.07, 6.45) is -4.53. The van der Waals surface area contributed by atoms with Gasteiger partial charge in [-0.15, -0.1) is 0 Å². The molecule has 0 aromatic heterocycles. The summed E-state index contributed by atoms with van der Waals surface area (Å²) < 4.78 is 49.1. The van der Waals surface area contributed by atoms with Crippen LogP contribution in [0.25, 0.3) is 0 Å². The summed E-state index contributed by atoms with van der Waals surface area (Å²) in [5.41, 5.74) is 3.75. The summed E-state index contributed by atoms with van der Waals surface area (Å²) in [5.74, 6) is -1.04. The lowest BCUT2D eigenvalue weighted by Crippen LogP contribution is -2.09. The van der Waals surface area contributed by atoms with Gasteiger partial charge in [-0.1, -0.05) is 0 Å². The molecule has 13 heavy (non-hydrogen) atoms. The number of anilines is 1. The number of rotatable bonds is 0. The van der Waals surface area contributed by atoms with Crippen molar-refractivity contribution < 1.29 is 17.6 Å². The van der Waals surface area contributed by atoms with Gasteiger partial charge in [0.25, 0.3) is 0 Å². The number of alkyl halides is 3. The molecule has 1 aromatic carbocycles. The minimum Gasteiger partial charge on any atom is -0.396 e. The summed E-state index contributed by atoms with van der Waals surface area (Å²) in [5, 5.41) is 0. The van der Waals surface area contributed by atoms with E-state index >= 15 is 0 Å². The van der Waals surface area contributed by atoms with E-state index in [0.717, 1.165) is 6.07 Å². The van der Waals surface area contributed by atoms with E-state index in [1.165, 1.54) is 6.92 Å². The van der Waals surface area contributed by atoms with Gasteiger partial charge in [0, 0.05) is 0 Å². The number of benzene rings is 1. The summed E-state index contributed by atoms with van der Waals surface area (Å²) in [6, 6.07) is 1.38. The van der Waals surface area contributed by atoms with Gasteiger partial charge in [-0.05, 0) is 24.6 Å². The second-order valence-electron chi connectivity index (χ2n) is 2.69. The van der Waals surface area contributed by atoms with Crippen LogP contribution in [-0.4, -0.2) is 0 Å². The number of hydrogen-bond donors (Lipinski definition) is 1. The van der Waals surface area contributed by atoms with Crippen molar-refractivity contribution in [2.45, 2.75) is 13.1 Å². The van der Waals surface area contributed by atoms with Crippen molar-refractivity contribution in [1.29, 1.82) is 0 Å². The van der Waals surface area contributed by atoms with Crippen LogP contribution in [0.3, 0.4) is 0 Å². The summed E-state index contributed by atoms with van der Waals surface area (Å²) in [4.78, 5) is 0. The second-order valence-corrected chi connectivity index (χ2v) is 2.69. The predicted octanol–water partition coefficient (Wildman–Crippen LogP) is 2.74. The van der Waals surface area contributed by atoms with Crippen LogP contribution in [0.5, 0.6) is 0 Å². The summed E-state index contributed by atoms with van der Waals surface area (Å²) in [7, 11) is 0. The Morgan fingerprint density at radius 3 is 2.23 bits per heavy atom. The van der Waals surface area contributed by atoms with E-state index in [0.29, 0.717) is 6.07 Å². The molecule has 0 fully saturated rings. The predicted molar refractivity (Wildman–Crippen MR) is 40.6 cm³/mol. The van der Waals surface area contributed by atoms with Crippen molar-refractivity contribution >= 4 is 5.69 Å². The fourth-order valence-electron chi connectivity index (χ4n) is 1.01. The molecule has 0 aliphatic carbocycles. The van der Waals surface area contributed by atoms with Crippen molar-refractivity contribution in [3.05, 3.63) is 29.1 Å². The zero-order valence-electron chi connectivity index (χ0n) is 6.74. The molecule has 0 bridgehead atoms. The average Bonchev–Trinajstić information content (AvgIpc) is 1.94. The van der Waals surface area contributed by atoms with Gasteiger partial charge in [0.05, 0.1) is 11.3 Å². The van der Waals surface area contributed by atoms with Gasteiger partial charge in [0.2, 0.25) is 0 Å². The highest BCUT2D eigenvalue weighted by Gasteiger charge is 2.33. The number of nitrogen functional groups attached to an aromatic ring is 1. The van der Waals surface area contributed by atoms with Crippen molar-refractivity contribution in [2.24, 2.45) is 0 Å². The Morgan fingerprint density at radius 2 is 1.77 bits per heavy atom. The Kier molecular flexibility index (Phi) is 2.19. The zero-order valence-corrected chi connectivity index (χ0v) is 6.74. The lowest BCUT2D eigenvalue weighted by molar-refractivity contribution is -0.138. The molecule has 5 heteroatoms. The van der Waals surface area contributed by atoms with Crippen LogP contribution in [0.4, 0.5) is 23.2 Å². The molecule has 0 atom stereocenters. The third-order valence-electron chi connectivity index (χ3n) is 1.65. The van der Waals surface area contributed by atoms with Crippen LogP contribution >= 0.6 is 0 Å². The van der Waals surface area contributed by atoms with Gasteiger partial charge in [-0.25, -0.2) is 4.39 Å². The standard InChI is InChI=1S/C8H7F4N/c1-4-2-7(13)6(9)3-5(4)8(10,11)12/h2-3H,13H2,1H3. The number of nitrogens with two attached hydrogens (primary N) is 1. The molecule has 0 unspecified atom stereocenters. The average molecular weight is 193 g/mol. The van der Waals surface area contributed by atoms with E-state index in [-0.39, 0.29) is 11.3 Å². The smallest absolute Gasteiger partial charge is 0.396 e. The highest BCUT2D eigenvalue weighted by molar-refractivity contribution is 5.46. The maximum absolute atomic E-state index is 12.7. The quantitative estimate of drug-likeness (QED) is 0.497. The van der Waals surface area contributed by atoms with E-state index in [4.69, 9.17) is 5.73 Å². The third-order valence-corrected chi connectivity index (χ3v) is 1.65. The zero-order chi connectivity index (χ0) is 10.2. The molecule has 0 heterocycles. The van der Waals surface area contributed by atoms with Crippen LogP contribution < -0.4 is 5.73 Å². The van der Waals surface area contributed by atoms with E-state index < -0.39 is 17.6 Å². The summed E-state index contributed by atoms with van der Waals surface area (Å²) in [6.45, 7) is 1.23. The maximum atomic E-state index is 12.7. The molecule has 1 aromatic rings. The first-order valence-corrected chi connectivity index (χ1v) is 3.45. The van der Waals surface area contributed by atoms with Gasteiger partial charge in [-0.3, -0.25) is 0 Å². The molecule has 0 amide bonds. The lowest BCUT2D eigenvalue weighted by atomic mass is 10.1. The Morgan fingerprint density at radius 1 is 1.23 bits per heavy atom. The van der Waals surface area contributed by atoms with Crippen LogP contribution in [0.1, 0.15) is 11.1 Å². The molecule has 72 valence electrons. The monoisotopic (exact) mass is 193 g/mol. The van der Waals surface area contributed by atoms with Crippen LogP contribution in [-0.2, 0) is 6.18 Å². The van der Waals surface area contributed by atoms with Gasteiger partial charge in [-0.2, -0.15) is 13.2 Å². The van der Waals surface area contributed by atoms with Crippen LogP contribution in [0.15, 0.2) is 12.1 Å². The molecule has 0 saturated heterocycles. The minimum absolute atomic E-state index is 0.0774. The maximum Gasteiger partial charge on any atom is 0.416 e. The fraction of sp³-hybridized carbons (Fsp3) is 0.250. The van der Waals surface area contributed by atoms with Crippen molar-refractivity contribution in [1.82, 2.24) is 0 Å². The molecule has 0 spiro atoms. The normalized spacial score (nSPS) is 11.8.